The molecule has 0 radical (unpaired) electrons. The van der Waals surface area contributed by atoms with Crippen molar-refractivity contribution in [3.05, 3.63) is 28.5 Å². The minimum Gasteiger partial charge on any atom is -0.394 e. The molecule has 0 bridgehead atoms. The van der Waals surface area contributed by atoms with Gasteiger partial charge in [0.2, 0.25) is 0 Å². The van der Waals surface area contributed by atoms with Gasteiger partial charge in [0, 0.05) is 17.6 Å². The summed E-state index contributed by atoms with van der Waals surface area (Å²) in [4.78, 5) is 10.2. The molecular weight excluding hydrogens is 310 g/mol. The lowest BCUT2D eigenvalue weighted by atomic mass is 10.3. The van der Waals surface area contributed by atoms with E-state index in [1.807, 2.05) is 18.2 Å². The third kappa shape index (κ3) is 2.97. The zero-order valence-electron chi connectivity index (χ0n) is 10.5. The number of aliphatic hydroxyl groups excluding tert-OH is 1. The van der Waals surface area contributed by atoms with E-state index in [2.05, 4.69) is 30.8 Å². The zero-order chi connectivity index (χ0) is 13.2. The SMILES string of the molecule is OC[C@H]1CN(Cc2nc3ccc(Br)cc3[nH]2)CCO1. The summed E-state index contributed by atoms with van der Waals surface area (Å²) < 4.78 is 6.48. The molecule has 1 atom stereocenters. The Morgan fingerprint density at radius 3 is 3.26 bits per heavy atom. The number of benzene rings is 1. The topological polar surface area (TPSA) is 61.4 Å². The highest BCUT2D eigenvalue weighted by atomic mass is 79.9. The number of aromatic nitrogens is 2. The lowest BCUT2D eigenvalue weighted by molar-refractivity contribution is -0.0556. The van der Waals surface area contributed by atoms with E-state index in [1.54, 1.807) is 0 Å². The Balaban J connectivity index is 1.74. The number of rotatable bonds is 3. The highest BCUT2D eigenvalue weighted by Gasteiger charge is 2.20. The van der Waals surface area contributed by atoms with E-state index in [1.165, 1.54) is 0 Å². The molecule has 0 spiro atoms. The standard InChI is InChI=1S/C13H16BrN3O2/c14-9-1-2-11-12(5-9)16-13(15-11)7-17-3-4-19-10(6-17)8-18/h1-2,5,10,18H,3-4,6-8H2,(H,15,16)/t10-/m1/s1. The van der Waals surface area contributed by atoms with Gasteiger partial charge in [0.1, 0.15) is 5.82 Å². The van der Waals surface area contributed by atoms with Crippen LogP contribution in [0.5, 0.6) is 0 Å². The van der Waals surface area contributed by atoms with Gasteiger partial charge in [-0.15, -0.1) is 0 Å². The van der Waals surface area contributed by atoms with E-state index in [0.29, 0.717) is 6.61 Å². The molecule has 0 aliphatic carbocycles. The summed E-state index contributed by atoms with van der Waals surface area (Å²) in [5.74, 6) is 0.951. The van der Waals surface area contributed by atoms with Crippen molar-refractivity contribution in [3.63, 3.8) is 0 Å². The normalized spacial score (nSPS) is 21.1. The van der Waals surface area contributed by atoms with Crippen molar-refractivity contribution >= 4 is 27.0 Å². The van der Waals surface area contributed by atoms with Crippen molar-refractivity contribution in [2.75, 3.05) is 26.3 Å². The lowest BCUT2D eigenvalue weighted by Gasteiger charge is -2.31. The van der Waals surface area contributed by atoms with Gasteiger partial charge in [-0.1, -0.05) is 15.9 Å². The number of halogens is 1. The van der Waals surface area contributed by atoms with Crippen molar-refractivity contribution in [2.24, 2.45) is 0 Å². The Morgan fingerprint density at radius 2 is 2.42 bits per heavy atom. The molecular formula is C13H16BrN3O2. The first kappa shape index (κ1) is 13.1. The summed E-state index contributed by atoms with van der Waals surface area (Å²) in [6, 6.07) is 6.01. The lowest BCUT2D eigenvalue weighted by Crippen LogP contribution is -2.43. The van der Waals surface area contributed by atoms with Gasteiger partial charge in [-0.2, -0.15) is 0 Å². The van der Waals surface area contributed by atoms with Gasteiger partial charge in [0.15, 0.2) is 0 Å². The highest BCUT2D eigenvalue weighted by molar-refractivity contribution is 9.10. The molecule has 1 aromatic carbocycles. The van der Waals surface area contributed by atoms with Crippen molar-refractivity contribution in [1.82, 2.24) is 14.9 Å². The fourth-order valence-corrected chi connectivity index (χ4v) is 2.72. The first-order chi connectivity index (χ1) is 9.24. The van der Waals surface area contributed by atoms with E-state index in [9.17, 15) is 0 Å². The third-order valence-corrected chi connectivity index (χ3v) is 3.79. The maximum atomic E-state index is 9.14. The number of ether oxygens (including phenoxy) is 1. The van der Waals surface area contributed by atoms with E-state index < -0.39 is 0 Å². The molecule has 102 valence electrons. The van der Waals surface area contributed by atoms with Gasteiger partial charge in [0.05, 0.1) is 36.9 Å². The number of imidazole rings is 1. The van der Waals surface area contributed by atoms with Crippen molar-refractivity contribution in [3.8, 4) is 0 Å². The molecule has 1 saturated heterocycles. The van der Waals surface area contributed by atoms with Crippen LogP contribution in [0.3, 0.4) is 0 Å². The molecule has 0 amide bonds. The summed E-state index contributed by atoms with van der Waals surface area (Å²) in [5, 5.41) is 9.14. The molecule has 1 aliphatic rings. The van der Waals surface area contributed by atoms with Crippen molar-refractivity contribution in [1.29, 1.82) is 0 Å². The van der Waals surface area contributed by atoms with Crippen LogP contribution in [-0.2, 0) is 11.3 Å². The monoisotopic (exact) mass is 325 g/mol. The van der Waals surface area contributed by atoms with Crippen LogP contribution in [0, 0.1) is 0 Å². The highest BCUT2D eigenvalue weighted by Crippen LogP contribution is 2.18. The van der Waals surface area contributed by atoms with Crippen molar-refractivity contribution < 1.29 is 9.84 Å². The minimum absolute atomic E-state index is 0.0730. The van der Waals surface area contributed by atoms with Crippen LogP contribution in [0.4, 0.5) is 0 Å². The number of aliphatic hydroxyl groups is 1. The summed E-state index contributed by atoms with van der Waals surface area (Å²) in [5.41, 5.74) is 2.02. The Labute approximate surface area is 119 Å². The number of fused-ring (bicyclic) bond motifs is 1. The Kier molecular flexibility index (Phi) is 3.83. The second kappa shape index (κ2) is 5.58. The molecule has 2 N–H and O–H groups in total. The number of nitrogens with zero attached hydrogens (tertiary/aromatic N) is 2. The predicted octanol–water partition coefficient (Wildman–Crippen LogP) is 1.52. The van der Waals surface area contributed by atoms with Crippen molar-refractivity contribution in [2.45, 2.75) is 12.6 Å². The summed E-state index contributed by atoms with van der Waals surface area (Å²) in [6.07, 6.45) is -0.0766. The number of H-pyrrole nitrogens is 1. The molecule has 19 heavy (non-hydrogen) atoms. The van der Waals surface area contributed by atoms with Crippen LogP contribution < -0.4 is 0 Å². The fraction of sp³-hybridized carbons (Fsp3) is 0.462. The predicted molar refractivity (Wildman–Crippen MR) is 75.9 cm³/mol. The Bertz CT molecular complexity index is 572. The van der Waals surface area contributed by atoms with Crippen LogP contribution in [0.1, 0.15) is 5.82 Å². The van der Waals surface area contributed by atoms with Gasteiger partial charge >= 0.3 is 0 Å². The van der Waals surface area contributed by atoms with E-state index in [4.69, 9.17) is 9.84 Å². The molecule has 2 heterocycles. The molecule has 1 fully saturated rings. The van der Waals surface area contributed by atoms with Crippen LogP contribution >= 0.6 is 15.9 Å². The molecule has 3 rings (SSSR count). The third-order valence-electron chi connectivity index (χ3n) is 3.29. The maximum absolute atomic E-state index is 9.14. The van der Waals surface area contributed by atoms with Crippen LogP contribution in [-0.4, -0.2) is 52.4 Å². The second-order valence-electron chi connectivity index (χ2n) is 4.76. The maximum Gasteiger partial charge on any atom is 0.121 e. The Hall–Kier alpha value is -0.950. The number of morpholine rings is 1. The zero-order valence-corrected chi connectivity index (χ0v) is 12.1. The van der Waals surface area contributed by atoms with E-state index >= 15 is 0 Å². The smallest absolute Gasteiger partial charge is 0.121 e. The summed E-state index contributed by atoms with van der Waals surface area (Å²) in [6.45, 7) is 3.11. The van der Waals surface area contributed by atoms with Crippen LogP contribution in [0.2, 0.25) is 0 Å². The van der Waals surface area contributed by atoms with E-state index in [-0.39, 0.29) is 12.7 Å². The summed E-state index contributed by atoms with van der Waals surface area (Å²) >= 11 is 3.45. The Morgan fingerprint density at radius 1 is 1.53 bits per heavy atom. The molecule has 0 unspecified atom stereocenters. The quantitative estimate of drug-likeness (QED) is 0.898. The fourth-order valence-electron chi connectivity index (χ4n) is 2.36. The summed E-state index contributed by atoms with van der Waals surface area (Å²) in [7, 11) is 0. The number of aromatic amines is 1. The van der Waals surface area contributed by atoms with Gasteiger partial charge in [0.25, 0.3) is 0 Å². The minimum atomic E-state index is -0.0766. The van der Waals surface area contributed by atoms with E-state index in [0.717, 1.165) is 41.0 Å². The van der Waals surface area contributed by atoms with Gasteiger partial charge < -0.3 is 14.8 Å². The molecule has 6 heteroatoms. The molecule has 1 aromatic heterocycles. The van der Waals surface area contributed by atoms with Gasteiger partial charge in [-0.25, -0.2) is 4.98 Å². The molecule has 2 aromatic rings. The average molecular weight is 326 g/mol. The number of hydrogen-bond acceptors (Lipinski definition) is 4. The van der Waals surface area contributed by atoms with Gasteiger partial charge in [-0.05, 0) is 18.2 Å². The average Bonchev–Trinajstić information content (AvgIpc) is 2.80. The second-order valence-corrected chi connectivity index (χ2v) is 5.67. The first-order valence-electron chi connectivity index (χ1n) is 6.33. The number of hydrogen-bond donors (Lipinski definition) is 2. The molecule has 1 aliphatic heterocycles. The number of nitrogens with one attached hydrogen (secondary N) is 1. The molecule has 5 nitrogen and oxygen atoms in total. The molecule has 0 saturated carbocycles. The van der Waals surface area contributed by atoms with Crippen LogP contribution in [0.15, 0.2) is 22.7 Å². The van der Waals surface area contributed by atoms with Crippen LogP contribution in [0.25, 0.3) is 11.0 Å². The van der Waals surface area contributed by atoms with Gasteiger partial charge in [-0.3, -0.25) is 4.90 Å². The largest absolute Gasteiger partial charge is 0.394 e. The first-order valence-corrected chi connectivity index (χ1v) is 7.13.